The first-order valence-corrected chi connectivity index (χ1v) is 7.74. The van der Waals surface area contributed by atoms with E-state index in [0.29, 0.717) is 6.04 Å². The number of nitrogens with zero attached hydrogens (tertiary/aromatic N) is 2. The molecule has 0 aromatic carbocycles. The maximum Gasteiger partial charge on any atom is 0.0537 e. The van der Waals surface area contributed by atoms with Gasteiger partial charge in [0.05, 0.1) is 6.20 Å². The van der Waals surface area contributed by atoms with Crippen LogP contribution < -0.4 is 5.32 Å². The van der Waals surface area contributed by atoms with Crippen LogP contribution in [0, 0.1) is 5.92 Å². The van der Waals surface area contributed by atoms with Gasteiger partial charge in [-0.1, -0.05) is 6.92 Å². The Morgan fingerprint density at radius 3 is 2.88 bits per heavy atom. The summed E-state index contributed by atoms with van der Waals surface area (Å²) in [4.78, 5) is 0. The number of hydrogen-bond donors (Lipinski definition) is 1. The van der Waals surface area contributed by atoms with Gasteiger partial charge in [-0.15, -0.1) is 0 Å². The van der Waals surface area contributed by atoms with Gasteiger partial charge in [0.15, 0.2) is 0 Å². The lowest BCUT2D eigenvalue weighted by molar-refractivity contribution is 0.374. The molecule has 0 saturated carbocycles. The van der Waals surface area contributed by atoms with Gasteiger partial charge in [-0.3, -0.25) is 4.68 Å². The van der Waals surface area contributed by atoms with Crippen molar-refractivity contribution >= 4 is 11.8 Å². The quantitative estimate of drug-likeness (QED) is 0.875. The van der Waals surface area contributed by atoms with Crippen LogP contribution in [0.4, 0.5) is 0 Å². The Kier molecular flexibility index (Phi) is 4.92. The predicted molar refractivity (Wildman–Crippen MR) is 74.3 cm³/mol. The molecule has 1 aliphatic heterocycles. The van der Waals surface area contributed by atoms with Crippen LogP contribution in [-0.4, -0.2) is 27.8 Å². The van der Waals surface area contributed by atoms with Crippen molar-refractivity contribution in [1.82, 2.24) is 15.1 Å². The van der Waals surface area contributed by atoms with E-state index in [4.69, 9.17) is 0 Å². The van der Waals surface area contributed by atoms with E-state index in [1.165, 1.54) is 36.3 Å². The number of hydrogen-bond acceptors (Lipinski definition) is 3. The van der Waals surface area contributed by atoms with Crippen LogP contribution in [0.25, 0.3) is 0 Å². The number of aryl methyl sites for hydroxylation is 1. The van der Waals surface area contributed by atoms with Crippen molar-refractivity contribution in [3.8, 4) is 0 Å². The van der Waals surface area contributed by atoms with Gasteiger partial charge in [-0.2, -0.15) is 16.9 Å². The van der Waals surface area contributed by atoms with E-state index in [1.54, 1.807) is 0 Å². The first-order chi connectivity index (χ1) is 8.29. The molecular formula is C13H23N3S. The lowest BCUT2D eigenvalue weighted by atomic mass is 9.92. The van der Waals surface area contributed by atoms with Crippen LogP contribution in [0.1, 0.15) is 37.8 Å². The van der Waals surface area contributed by atoms with E-state index in [9.17, 15) is 0 Å². The van der Waals surface area contributed by atoms with Gasteiger partial charge >= 0.3 is 0 Å². The van der Waals surface area contributed by atoms with Crippen LogP contribution in [-0.2, 0) is 7.05 Å². The third kappa shape index (κ3) is 3.75. The molecule has 3 nitrogen and oxygen atoms in total. The van der Waals surface area contributed by atoms with E-state index >= 15 is 0 Å². The highest BCUT2D eigenvalue weighted by Gasteiger charge is 2.20. The lowest BCUT2D eigenvalue weighted by Crippen LogP contribution is -2.24. The number of rotatable bonds is 5. The molecule has 1 atom stereocenters. The molecule has 96 valence electrons. The maximum atomic E-state index is 4.29. The molecule has 1 saturated heterocycles. The molecule has 1 aromatic rings. The van der Waals surface area contributed by atoms with Crippen molar-refractivity contribution in [3.63, 3.8) is 0 Å². The molecule has 1 aromatic heterocycles. The second-order valence-electron chi connectivity index (χ2n) is 4.85. The molecule has 0 bridgehead atoms. The van der Waals surface area contributed by atoms with Crippen molar-refractivity contribution in [3.05, 3.63) is 18.0 Å². The monoisotopic (exact) mass is 253 g/mol. The summed E-state index contributed by atoms with van der Waals surface area (Å²) >= 11 is 2.10. The summed E-state index contributed by atoms with van der Waals surface area (Å²) in [5.74, 6) is 3.58. The van der Waals surface area contributed by atoms with Crippen molar-refractivity contribution in [2.24, 2.45) is 13.0 Å². The zero-order chi connectivity index (χ0) is 12.1. The van der Waals surface area contributed by atoms with Gasteiger partial charge < -0.3 is 5.32 Å². The number of thioether (sulfide) groups is 1. The van der Waals surface area contributed by atoms with Crippen molar-refractivity contribution in [2.75, 3.05) is 18.1 Å². The Bertz CT molecular complexity index is 331. The summed E-state index contributed by atoms with van der Waals surface area (Å²) in [6.45, 7) is 3.21. The zero-order valence-electron chi connectivity index (χ0n) is 10.9. The Labute approximate surface area is 108 Å². The minimum absolute atomic E-state index is 0.488. The van der Waals surface area contributed by atoms with Crippen LogP contribution in [0.3, 0.4) is 0 Å². The molecule has 2 rings (SSSR count). The fourth-order valence-electron chi connectivity index (χ4n) is 2.52. The Morgan fingerprint density at radius 2 is 2.29 bits per heavy atom. The molecule has 0 radical (unpaired) electrons. The van der Waals surface area contributed by atoms with E-state index in [-0.39, 0.29) is 0 Å². The smallest absolute Gasteiger partial charge is 0.0537 e. The molecule has 1 aliphatic rings. The average molecular weight is 253 g/mol. The predicted octanol–water partition coefficient (Wildman–Crippen LogP) is 2.60. The third-order valence-electron chi connectivity index (χ3n) is 3.49. The second-order valence-corrected chi connectivity index (χ2v) is 6.07. The highest BCUT2D eigenvalue weighted by molar-refractivity contribution is 7.99. The second kappa shape index (κ2) is 6.45. The van der Waals surface area contributed by atoms with E-state index < -0.39 is 0 Å². The average Bonchev–Trinajstić information content (AvgIpc) is 2.77. The molecule has 1 unspecified atom stereocenters. The summed E-state index contributed by atoms with van der Waals surface area (Å²) in [6, 6.07) is 0.488. The van der Waals surface area contributed by atoms with Gasteiger partial charge in [0.25, 0.3) is 0 Å². The molecule has 2 heterocycles. The topological polar surface area (TPSA) is 29.9 Å². The van der Waals surface area contributed by atoms with Crippen molar-refractivity contribution in [1.29, 1.82) is 0 Å². The molecule has 0 aliphatic carbocycles. The summed E-state index contributed by atoms with van der Waals surface area (Å²) in [6.07, 6.45) is 8.18. The molecular weight excluding hydrogens is 230 g/mol. The Morgan fingerprint density at radius 1 is 1.53 bits per heavy atom. The molecule has 17 heavy (non-hydrogen) atoms. The first-order valence-electron chi connectivity index (χ1n) is 6.59. The zero-order valence-corrected chi connectivity index (χ0v) is 11.7. The van der Waals surface area contributed by atoms with Crippen molar-refractivity contribution in [2.45, 2.75) is 32.2 Å². The molecule has 0 amide bonds. The minimum atomic E-state index is 0.488. The fourth-order valence-corrected chi connectivity index (χ4v) is 3.72. The van der Waals surface area contributed by atoms with Gasteiger partial charge in [0, 0.05) is 24.8 Å². The van der Waals surface area contributed by atoms with Gasteiger partial charge in [-0.25, -0.2) is 0 Å². The van der Waals surface area contributed by atoms with E-state index in [0.717, 1.165) is 12.5 Å². The number of aromatic nitrogens is 2. The highest BCUT2D eigenvalue weighted by atomic mass is 32.2. The summed E-state index contributed by atoms with van der Waals surface area (Å²) < 4.78 is 1.90. The van der Waals surface area contributed by atoms with E-state index in [2.05, 4.69) is 35.3 Å². The minimum Gasteiger partial charge on any atom is -0.310 e. The maximum absolute atomic E-state index is 4.29. The van der Waals surface area contributed by atoms with E-state index in [1.807, 2.05) is 17.9 Å². The molecule has 1 fully saturated rings. The summed E-state index contributed by atoms with van der Waals surface area (Å²) in [5, 5.41) is 7.88. The van der Waals surface area contributed by atoms with Crippen molar-refractivity contribution < 1.29 is 0 Å². The third-order valence-corrected chi connectivity index (χ3v) is 4.54. The fraction of sp³-hybridized carbons (Fsp3) is 0.769. The highest BCUT2D eigenvalue weighted by Crippen LogP contribution is 2.30. The largest absolute Gasteiger partial charge is 0.310 e. The molecule has 0 spiro atoms. The van der Waals surface area contributed by atoms with Crippen LogP contribution >= 0.6 is 11.8 Å². The summed E-state index contributed by atoms with van der Waals surface area (Å²) in [5.41, 5.74) is 1.34. The molecule has 4 heteroatoms. The molecule has 1 N–H and O–H groups in total. The SMILES string of the molecule is CCNC(CC1CCSCC1)c1cnn(C)c1. The Balaban J connectivity index is 1.96. The van der Waals surface area contributed by atoms with Gasteiger partial charge in [-0.05, 0) is 43.2 Å². The normalized spacial score (nSPS) is 19.4. The lowest BCUT2D eigenvalue weighted by Gasteiger charge is -2.26. The summed E-state index contributed by atoms with van der Waals surface area (Å²) in [7, 11) is 1.99. The van der Waals surface area contributed by atoms with Gasteiger partial charge in [0.2, 0.25) is 0 Å². The van der Waals surface area contributed by atoms with Crippen LogP contribution in [0.15, 0.2) is 12.4 Å². The van der Waals surface area contributed by atoms with Gasteiger partial charge in [0.1, 0.15) is 0 Å². The first kappa shape index (κ1) is 13.0. The van der Waals surface area contributed by atoms with Crippen LogP contribution in [0.2, 0.25) is 0 Å². The standard InChI is InChI=1S/C13H23N3S/c1-3-14-13(12-9-15-16(2)10-12)8-11-4-6-17-7-5-11/h9-11,13-14H,3-8H2,1-2H3. The number of nitrogens with one attached hydrogen (secondary N) is 1. The van der Waals surface area contributed by atoms with Crippen LogP contribution in [0.5, 0.6) is 0 Å². The Hall–Kier alpha value is -0.480.